The number of aliphatic imine (C=N–C) groups is 1. The molecular weight excluding hydrogens is 426 g/mol. The lowest BCUT2D eigenvalue weighted by atomic mass is 10.1. The molecule has 0 spiro atoms. The molecule has 0 fully saturated rings. The summed E-state index contributed by atoms with van der Waals surface area (Å²) in [6, 6.07) is 20.5. The number of hydrogen-bond donors (Lipinski definition) is 0. The van der Waals surface area contributed by atoms with Gasteiger partial charge in [-0.3, -0.25) is 9.59 Å². The summed E-state index contributed by atoms with van der Waals surface area (Å²) in [5.41, 5.74) is 2.40. The number of nitrogens with zero attached hydrogens (tertiary/aromatic N) is 1. The second-order valence-corrected chi connectivity index (χ2v) is 8.88. The molecule has 0 aliphatic heterocycles. The van der Waals surface area contributed by atoms with Gasteiger partial charge in [-0.05, 0) is 56.0 Å². The van der Waals surface area contributed by atoms with E-state index in [4.69, 9.17) is 16.6 Å². The normalized spacial score (nSPS) is 11.2. The predicted octanol–water partition coefficient (Wildman–Crippen LogP) is 6.41. The molecule has 4 nitrogen and oxygen atoms in total. The second kappa shape index (κ2) is 10.8. The van der Waals surface area contributed by atoms with Gasteiger partial charge < -0.3 is 4.42 Å². The predicted molar refractivity (Wildman–Crippen MR) is 132 cm³/mol. The number of hydrogen-bond acceptors (Lipinski definition) is 5. The lowest BCUT2D eigenvalue weighted by molar-refractivity contribution is -0.114. The van der Waals surface area contributed by atoms with Gasteiger partial charge in [-0.15, -0.1) is 0 Å². The summed E-state index contributed by atoms with van der Waals surface area (Å²) in [5, 5.41) is 0. The lowest BCUT2D eigenvalue weighted by Crippen LogP contribution is -2.03. The van der Waals surface area contributed by atoms with Crippen LogP contribution in [0.4, 0.5) is 0 Å². The van der Waals surface area contributed by atoms with Gasteiger partial charge in [0, 0.05) is 21.7 Å². The standard InChI is InChI=1S/C25H21NO3S2/c1-17(30)31-24(22(27)14-8-18-6-4-3-5-7-18)16-21-13-15-23(29-21)19-9-11-20(12-10-19)25(28)26-2/h3-7,9-13,15-16H,2,8,14H2,1H3/b24-16-. The summed E-state index contributed by atoms with van der Waals surface area (Å²) in [4.78, 5) is 28.4. The minimum absolute atomic E-state index is 0.0239. The van der Waals surface area contributed by atoms with E-state index in [1.54, 1.807) is 37.3 Å². The average molecular weight is 448 g/mol. The molecule has 0 aliphatic carbocycles. The van der Waals surface area contributed by atoms with Crippen LogP contribution in [0.25, 0.3) is 17.4 Å². The van der Waals surface area contributed by atoms with E-state index in [1.807, 2.05) is 42.5 Å². The van der Waals surface area contributed by atoms with Gasteiger partial charge >= 0.3 is 0 Å². The summed E-state index contributed by atoms with van der Waals surface area (Å²) in [7, 11) is 0. The molecule has 0 unspecified atom stereocenters. The van der Waals surface area contributed by atoms with Crippen molar-refractivity contribution in [3.05, 3.63) is 88.5 Å². The van der Waals surface area contributed by atoms with Gasteiger partial charge in [0.2, 0.25) is 0 Å². The molecule has 1 amide bonds. The Morgan fingerprint density at radius 2 is 1.77 bits per heavy atom. The van der Waals surface area contributed by atoms with E-state index in [-0.39, 0.29) is 11.7 Å². The zero-order valence-electron chi connectivity index (χ0n) is 17.0. The molecule has 0 N–H and O–H groups in total. The Kier molecular flexibility index (Phi) is 7.87. The Hall–Kier alpha value is -3.09. The summed E-state index contributed by atoms with van der Waals surface area (Å²) in [6.07, 6.45) is 2.80. The van der Waals surface area contributed by atoms with Crippen molar-refractivity contribution < 1.29 is 14.0 Å². The number of aryl methyl sites for hydroxylation is 1. The van der Waals surface area contributed by atoms with Crippen LogP contribution in [0.5, 0.6) is 0 Å². The third kappa shape index (κ3) is 6.44. The van der Waals surface area contributed by atoms with E-state index >= 15 is 0 Å². The Morgan fingerprint density at radius 3 is 2.42 bits per heavy atom. The molecule has 1 aromatic heterocycles. The van der Waals surface area contributed by atoms with Crippen molar-refractivity contribution in [3.63, 3.8) is 0 Å². The van der Waals surface area contributed by atoms with E-state index in [0.717, 1.165) is 11.1 Å². The zero-order chi connectivity index (χ0) is 22.2. The molecule has 0 saturated heterocycles. The Morgan fingerprint density at radius 1 is 1.06 bits per heavy atom. The third-order valence-electron chi connectivity index (χ3n) is 4.47. The number of carbonyl (C=O) groups is 2. The third-order valence-corrected chi connectivity index (χ3v) is 5.58. The fourth-order valence-electron chi connectivity index (χ4n) is 2.93. The van der Waals surface area contributed by atoms with Crippen LogP contribution in [0.1, 0.15) is 35.0 Å². The number of furan rings is 1. The van der Waals surface area contributed by atoms with Crippen LogP contribution in [0, 0.1) is 0 Å². The van der Waals surface area contributed by atoms with Gasteiger partial charge in [-0.1, -0.05) is 66.4 Å². The van der Waals surface area contributed by atoms with Crippen molar-refractivity contribution in [3.8, 4) is 11.3 Å². The molecule has 6 heteroatoms. The van der Waals surface area contributed by atoms with Gasteiger partial charge in [0.15, 0.2) is 5.78 Å². The van der Waals surface area contributed by atoms with E-state index in [0.29, 0.717) is 39.0 Å². The van der Waals surface area contributed by atoms with Crippen LogP contribution >= 0.6 is 24.0 Å². The minimum atomic E-state index is -0.374. The van der Waals surface area contributed by atoms with Crippen molar-refractivity contribution in [1.29, 1.82) is 0 Å². The van der Waals surface area contributed by atoms with Gasteiger partial charge in [0.25, 0.3) is 5.91 Å². The van der Waals surface area contributed by atoms with Crippen LogP contribution in [0.3, 0.4) is 0 Å². The first-order valence-electron chi connectivity index (χ1n) is 9.65. The van der Waals surface area contributed by atoms with Crippen molar-refractivity contribution in [2.45, 2.75) is 19.8 Å². The van der Waals surface area contributed by atoms with E-state index in [1.165, 1.54) is 11.8 Å². The fourth-order valence-corrected chi connectivity index (χ4v) is 3.90. The highest BCUT2D eigenvalue weighted by atomic mass is 32.2. The first-order chi connectivity index (χ1) is 15.0. The molecule has 3 rings (SSSR count). The van der Waals surface area contributed by atoms with Crippen LogP contribution in [-0.4, -0.2) is 22.6 Å². The summed E-state index contributed by atoms with van der Waals surface area (Å²) < 4.78 is 6.58. The van der Waals surface area contributed by atoms with Gasteiger partial charge in [-0.2, -0.15) is 0 Å². The van der Waals surface area contributed by atoms with Crippen LogP contribution < -0.4 is 0 Å². The second-order valence-electron chi connectivity index (χ2n) is 6.75. The maximum atomic E-state index is 12.8. The minimum Gasteiger partial charge on any atom is -0.457 e. The summed E-state index contributed by atoms with van der Waals surface area (Å²) >= 11 is 6.49. The number of rotatable bonds is 8. The number of ketones is 1. The van der Waals surface area contributed by atoms with Gasteiger partial charge in [0.05, 0.1) is 4.91 Å². The first kappa shape index (κ1) is 22.6. The zero-order valence-corrected chi connectivity index (χ0v) is 18.7. The molecule has 156 valence electrons. The van der Waals surface area contributed by atoms with Crippen LogP contribution in [0.2, 0.25) is 0 Å². The molecule has 0 aliphatic rings. The number of thioether (sulfide) groups is 1. The number of carbonyl (C=O) groups excluding carboxylic acids is 2. The highest BCUT2D eigenvalue weighted by Gasteiger charge is 2.14. The molecule has 0 atom stereocenters. The average Bonchev–Trinajstić information content (AvgIpc) is 3.25. The van der Waals surface area contributed by atoms with Gasteiger partial charge in [0.1, 0.15) is 11.5 Å². The Labute approximate surface area is 191 Å². The quantitative estimate of drug-likeness (QED) is 0.227. The molecule has 0 bridgehead atoms. The van der Waals surface area contributed by atoms with Gasteiger partial charge in [-0.25, -0.2) is 4.99 Å². The maximum absolute atomic E-state index is 12.8. The number of allylic oxidation sites excluding steroid dienone is 1. The fraction of sp³-hybridized carbons (Fsp3) is 0.120. The van der Waals surface area contributed by atoms with Crippen molar-refractivity contribution in [1.82, 2.24) is 0 Å². The Balaban J connectivity index is 1.77. The monoisotopic (exact) mass is 447 g/mol. The SMILES string of the molecule is C=NC(=O)c1ccc(-c2ccc(/C=C(\SC(C)=S)C(=O)CCc3ccccc3)o2)cc1. The topological polar surface area (TPSA) is 59.6 Å². The number of thiocarbonyl (C=S) groups is 1. The molecule has 2 aromatic carbocycles. The molecule has 0 saturated carbocycles. The van der Waals surface area contributed by atoms with E-state index in [2.05, 4.69) is 11.7 Å². The number of Topliss-reactive ketones (excluding diaryl/α,β-unsaturated/α-hetero) is 1. The van der Waals surface area contributed by atoms with Crippen molar-refractivity contribution >= 4 is 52.7 Å². The molecular formula is C25H21NO3S2. The Bertz CT molecular complexity index is 1130. The van der Waals surface area contributed by atoms with Crippen LogP contribution in [0.15, 0.2) is 81.0 Å². The van der Waals surface area contributed by atoms with Crippen LogP contribution in [-0.2, 0) is 11.2 Å². The maximum Gasteiger partial charge on any atom is 0.276 e. The van der Waals surface area contributed by atoms with Crippen molar-refractivity contribution in [2.24, 2.45) is 4.99 Å². The molecule has 0 radical (unpaired) electrons. The number of amides is 1. The summed E-state index contributed by atoms with van der Waals surface area (Å²) in [5.74, 6) is 0.850. The molecule has 1 heterocycles. The lowest BCUT2D eigenvalue weighted by Gasteiger charge is -2.05. The summed E-state index contributed by atoms with van der Waals surface area (Å²) in [6.45, 7) is 5.05. The van der Waals surface area contributed by atoms with E-state index in [9.17, 15) is 9.59 Å². The first-order valence-corrected chi connectivity index (χ1v) is 10.9. The number of benzene rings is 2. The smallest absolute Gasteiger partial charge is 0.276 e. The van der Waals surface area contributed by atoms with E-state index < -0.39 is 0 Å². The molecule has 3 aromatic rings. The molecule has 31 heavy (non-hydrogen) atoms. The highest BCUT2D eigenvalue weighted by molar-refractivity contribution is 8.26. The highest BCUT2D eigenvalue weighted by Crippen LogP contribution is 2.28. The van der Waals surface area contributed by atoms with Crippen molar-refractivity contribution in [2.75, 3.05) is 0 Å². The largest absolute Gasteiger partial charge is 0.457 e.